The molecule has 1 N–H and O–H groups in total. The summed E-state index contributed by atoms with van der Waals surface area (Å²) in [6.07, 6.45) is 0.428. The van der Waals surface area contributed by atoms with Crippen LogP contribution in [0.4, 0.5) is 4.39 Å². The van der Waals surface area contributed by atoms with Gasteiger partial charge in [-0.25, -0.2) is 4.39 Å². The maximum absolute atomic E-state index is 13.5. The number of aliphatic hydroxyl groups excluding tert-OH is 1. The molecule has 2 rings (SSSR count). The number of rotatable bonds is 4. The molecule has 0 radical (unpaired) electrons. The summed E-state index contributed by atoms with van der Waals surface area (Å²) in [4.78, 5) is 0.935. The lowest BCUT2D eigenvalue weighted by molar-refractivity contribution is 0.305. The Balaban J connectivity index is 2.04. The van der Waals surface area contributed by atoms with Gasteiger partial charge in [0.05, 0.1) is 17.0 Å². The summed E-state index contributed by atoms with van der Waals surface area (Å²) in [6, 6.07) is 7.79. The molecular weight excluding hydrogens is 289 g/mol. The highest BCUT2D eigenvalue weighted by Crippen LogP contribution is 2.21. The molecule has 0 aliphatic carbocycles. The third-order valence-corrected chi connectivity index (χ3v) is 3.53. The Hall–Kier alpha value is -2.34. The first-order chi connectivity index (χ1) is 10.2. The first-order valence-electron chi connectivity index (χ1n) is 6.23. The lowest BCUT2D eigenvalue weighted by Gasteiger charge is -2.05. The summed E-state index contributed by atoms with van der Waals surface area (Å²) < 4.78 is 19.0. The lowest BCUT2D eigenvalue weighted by Crippen LogP contribution is -1.96. The Morgan fingerprint density at radius 3 is 2.86 bits per heavy atom. The summed E-state index contributed by atoms with van der Waals surface area (Å²) in [5, 5.41) is 19.3. The molecule has 0 bridgehead atoms. The van der Waals surface area contributed by atoms with E-state index in [1.807, 2.05) is 11.4 Å². The summed E-state index contributed by atoms with van der Waals surface area (Å²) in [5.74, 6) is 5.59. The van der Waals surface area contributed by atoms with E-state index < -0.39 is 5.82 Å². The van der Waals surface area contributed by atoms with E-state index >= 15 is 0 Å². The third kappa shape index (κ3) is 4.06. The molecule has 0 spiro atoms. The van der Waals surface area contributed by atoms with Gasteiger partial charge in [0.25, 0.3) is 0 Å². The highest BCUT2D eigenvalue weighted by atomic mass is 32.1. The first kappa shape index (κ1) is 15.1. The van der Waals surface area contributed by atoms with Crippen LogP contribution in [0.3, 0.4) is 0 Å². The second kappa shape index (κ2) is 7.44. The fourth-order valence-electron chi connectivity index (χ4n) is 1.60. The van der Waals surface area contributed by atoms with Gasteiger partial charge in [-0.05, 0) is 23.6 Å². The van der Waals surface area contributed by atoms with Crippen molar-refractivity contribution in [3.63, 3.8) is 0 Å². The number of benzene rings is 1. The Bertz CT molecular complexity index is 722. The minimum atomic E-state index is -0.593. The molecule has 0 aliphatic heterocycles. The van der Waals surface area contributed by atoms with Gasteiger partial charge in [-0.15, -0.1) is 11.3 Å². The van der Waals surface area contributed by atoms with E-state index in [0.717, 1.165) is 10.4 Å². The van der Waals surface area contributed by atoms with Crippen LogP contribution in [0.15, 0.2) is 29.6 Å². The largest absolute Gasteiger partial charge is 0.488 e. The number of aliphatic hydroxyl groups is 1. The number of nitriles is 1. The SMILES string of the molecule is N#Cc1ccc(OCc2sccc2C#CCCO)cc1F. The van der Waals surface area contributed by atoms with Crippen molar-refractivity contribution in [2.45, 2.75) is 13.0 Å². The Morgan fingerprint density at radius 1 is 1.29 bits per heavy atom. The predicted molar refractivity (Wildman–Crippen MR) is 78.3 cm³/mol. The molecule has 0 atom stereocenters. The molecule has 5 heteroatoms. The summed E-state index contributed by atoms with van der Waals surface area (Å²) in [7, 11) is 0. The standard InChI is InChI=1S/C16H12FNO2S/c17-15-9-14(5-4-13(15)10-18)20-11-16-12(6-8-21-16)3-1-2-7-19/h4-6,8-9,19H,2,7,11H2. The topological polar surface area (TPSA) is 53.2 Å². The number of nitrogens with zero attached hydrogens (tertiary/aromatic N) is 1. The van der Waals surface area contributed by atoms with Crippen LogP contribution in [0.5, 0.6) is 5.75 Å². The van der Waals surface area contributed by atoms with Crippen LogP contribution in [0, 0.1) is 29.0 Å². The number of halogens is 1. The van der Waals surface area contributed by atoms with Crippen LogP contribution in [0.25, 0.3) is 0 Å². The van der Waals surface area contributed by atoms with E-state index in [4.69, 9.17) is 15.1 Å². The van der Waals surface area contributed by atoms with Gasteiger partial charge in [0.1, 0.15) is 24.2 Å². The van der Waals surface area contributed by atoms with Crippen molar-refractivity contribution < 1.29 is 14.2 Å². The minimum Gasteiger partial charge on any atom is -0.488 e. The molecule has 2 aromatic rings. The zero-order valence-corrected chi connectivity index (χ0v) is 11.9. The van der Waals surface area contributed by atoms with Gasteiger partial charge < -0.3 is 9.84 Å². The molecule has 106 valence electrons. The molecule has 0 amide bonds. The van der Waals surface area contributed by atoms with Crippen LogP contribution in [-0.4, -0.2) is 11.7 Å². The highest BCUT2D eigenvalue weighted by molar-refractivity contribution is 7.10. The second-order valence-corrected chi connectivity index (χ2v) is 5.08. The lowest BCUT2D eigenvalue weighted by atomic mass is 10.2. The van der Waals surface area contributed by atoms with Gasteiger partial charge >= 0.3 is 0 Å². The monoisotopic (exact) mass is 301 g/mol. The van der Waals surface area contributed by atoms with Crippen molar-refractivity contribution in [1.29, 1.82) is 5.26 Å². The molecular formula is C16H12FNO2S. The summed E-state index contributed by atoms with van der Waals surface area (Å²) in [6.45, 7) is 0.319. The van der Waals surface area contributed by atoms with E-state index in [1.165, 1.54) is 23.5 Å². The normalized spacial score (nSPS) is 9.57. The van der Waals surface area contributed by atoms with Crippen LogP contribution in [-0.2, 0) is 6.61 Å². The average molecular weight is 301 g/mol. The van der Waals surface area contributed by atoms with Gasteiger partial charge in [0, 0.05) is 18.1 Å². The molecule has 0 unspecified atom stereocenters. The van der Waals surface area contributed by atoms with Crippen molar-refractivity contribution in [2.24, 2.45) is 0 Å². The van der Waals surface area contributed by atoms with Crippen LogP contribution in [0.2, 0.25) is 0 Å². The fraction of sp³-hybridized carbons (Fsp3) is 0.188. The van der Waals surface area contributed by atoms with E-state index in [-0.39, 0.29) is 18.8 Å². The number of hydrogen-bond acceptors (Lipinski definition) is 4. The smallest absolute Gasteiger partial charge is 0.144 e. The van der Waals surface area contributed by atoms with Gasteiger partial charge in [0.2, 0.25) is 0 Å². The molecule has 1 aromatic heterocycles. The molecule has 1 aromatic carbocycles. The van der Waals surface area contributed by atoms with Gasteiger partial charge in [-0.2, -0.15) is 5.26 Å². The van der Waals surface area contributed by atoms with Gasteiger partial charge in [-0.1, -0.05) is 11.8 Å². The fourth-order valence-corrected chi connectivity index (χ4v) is 2.34. The highest BCUT2D eigenvalue weighted by Gasteiger charge is 2.06. The number of ether oxygens (including phenoxy) is 1. The third-order valence-electron chi connectivity index (χ3n) is 2.64. The molecule has 1 heterocycles. The molecule has 0 aliphatic rings. The predicted octanol–water partition coefficient (Wildman–Crippen LogP) is 3.07. The zero-order valence-electron chi connectivity index (χ0n) is 11.1. The number of thiophene rings is 1. The van der Waals surface area contributed by atoms with Crippen molar-refractivity contribution in [3.05, 3.63) is 51.5 Å². The molecule has 3 nitrogen and oxygen atoms in total. The van der Waals surface area contributed by atoms with E-state index in [2.05, 4.69) is 11.8 Å². The molecule has 0 saturated carbocycles. The Morgan fingerprint density at radius 2 is 2.14 bits per heavy atom. The number of hydrogen-bond donors (Lipinski definition) is 1. The summed E-state index contributed by atoms with van der Waals surface area (Å²) >= 11 is 1.50. The van der Waals surface area contributed by atoms with Crippen LogP contribution < -0.4 is 4.74 Å². The zero-order chi connectivity index (χ0) is 15.1. The van der Waals surface area contributed by atoms with Crippen molar-refractivity contribution >= 4 is 11.3 Å². The molecule has 0 saturated heterocycles. The minimum absolute atomic E-state index is 0.00553. The van der Waals surface area contributed by atoms with Gasteiger partial charge in [0.15, 0.2) is 0 Å². The average Bonchev–Trinajstić information content (AvgIpc) is 2.93. The quantitative estimate of drug-likeness (QED) is 0.883. The molecule has 21 heavy (non-hydrogen) atoms. The Labute approximate surface area is 126 Å². The van der Waals surface area contributed by atoms with Crippen molar-refractivity contribution in [3.8, 4) is 23.7 Å². The van der Waals surface area contributed by atoms with Crippen LogP contribution >= 0.6 is 11.3 Å². The van der Waals surface area contributed by atoms with Gasteiger partial charge in [-0.3, -0.25) is 0 Å². The van der Waals surface area contributed by atoms with E-state index in [9.17, 15) is 4.39 Å². The maximum atomic E-state index is 13.5. The first-order valence-corrected chi connectivity index (χ1v) is 7.11. The van der Waals surface area contributed by atoms with Crippen LogP contribution in [0.1, 0.15) is 22.4 Å². The molecule has 0 fully saturated rings. The summed E-state index contributed by atoms with van der Waals surface area (Å²) in [5.41, 5.74) is 0.844. The maximum Gasteiger partial charge on any atom is 0.144 e. The van der Waals surface area contributed by atoms with E-state index in [1.54, 1.807) is 12.1 Å². The van der Waals surface area contributed by atoms with Crippen molar-refractivity contribution in [1.82, 2.24) is 0 Å². The van der Waals surface area contributed by atoms with E-state index in [0.29, 0.717) is 12.2 Å². The van der Waals surface area contributed by atoms with Crippen molar-refractivity contribution in [2.75, 3.05) is 6.61 Å². The Kier molecular flexibility index (Phi) is 5.34. The second-order valence-electron chi connectivity index (χ2n) is 4.07.